The van der Waals surface area contributed by atoms with Gasteiger partial charge in [-0.25, -0.2) is 0 Å². The lowest BCUT2D eigenvalue weighted by Crippen LogP contribution is -2.31. The molecule has 1 heterocycles. The minimum Gasteiger partial charge on any atom is -0.353 e. The Morgan fingerprint density at radius 1 is 1.00 bits per heavy atom. The number of aromatic nitrogens is 1. The zero-order chi connectivity index (χ0) is 10.3. The molecule has 0 spiro atoms. The fraction of sp³-hybridized carbons (Fsp3) is 0.692. The van der Waals surface area contributed by atoms with Gasteiger partial charge in [-0.05, 0) is 25.0 Å². The van der Waals surface area contributed by atoms with Gasteiger partial charge in [0.2, 0.25) is 0 Å². The molecule has 1 N–H and O–H groups in total. The van der Waals surface area contributed by atoms with E-state index in [2.05, 4.69) is 34.4 Å². The molecule has 84 valence electrons. The minimum atomic E-state index is 0.781. The lowest BCUT2D eigenvalue weighted by Gasteiger charge is -2.16. The Kier molecular flexibility index (Phi) is 4.27. The first-order valence-corrected chi connectivity index (χ1v) is 6.29. The third-order valence-electron chi connectivity index (χ3n) is 3.32. The summed E-state index contributed by atoms with van der Waals surface area (Å²) in [6.45, 7) is 2.21. The van der Waals surface area contributed by atoms with Crippen molar-refractivity contribution in [3.63, 3.8) is 0 Å². The highest BCUT2D eigenvalue weighted by molar-refractivity contribution is 4.90. The van der Waals surface area contributed by atoms with E-state index in [0.717, 1.165) is 19.1 Å². The van der Waals surface area contributed by atoms with Crippen molar-refractivity contribution < 1.29 is 0 Å². The summed E-state index contributed by atoms with van der Waals surface area (Å²) in [5.41, 5.74) is 0. The zero-order valence-electron chi connectivity index (χ0n) is 9.49. The summed E-state index contributed by atoms with van der Waals surface area (Å²) in [6.07, 6.45) is 12.7. The third kappa shape index (κ3) is 3.71. The summed E-state index contributed by atoms with van der Waals surface area (Å²) in [5, 5.41) is 3.68. The van der Waals surface area contributed by atoms with Crippen molar-refractivity contribution in [3.05, 3.63) is 24.5 Å². The number of nitrogens with one attached hydrogen (secondary N) is 1. The highest BCUT2D eigenvalue weighted by atomic mass is 15.0. The first-order chi connectivity index (χ1) is 7.45. The van der Waals surface area contributed by atoms with Gasteiger partial charge in [0.25, 0.3) is 0 Å². The number of nitrogens with zero attached hydrogens (tertiary/aromatic N) is 1. The molecule has 2 heteroatoms. The first kappa shape index (κ1) is 10.7. The molecule has 0 bridgehead atoms. The van der Waals surface area contributed by atoms with Gasteiger partial charge >= 0.3 is 0 Å². The van der Waals surface area contributed by atoms with Crippen LogP contribution in [0.1, 0.15) is 38.5 Å². The Balaban J connectivity index is 1.64. The van der Waals surface area contributed by atoms with Crippen LogP contribution in [0.4, 0.5) is 0 Å². The lowest BCUT2D eigenvalue weighted by molar-refractivity contribution is 0.445. The molecular formula is C13H22N2. The van der Waals surface area contributed by atoms with E-state index < -0.39 is 0 Å². The molecule has 2 rings (SSSR count). The van der Waals surface area contributed by atoms with Crippen molar-refractivity contribution in [2.24, 2.45) is 0 Å². The Labute approximate surface area is 92.7 Å². The molecule has 1 fully saturated rings. The molecule has 0 saturated heterocycles. The van der Waals surface area contributed by atoms with Crippen molar-refractivity contribution in [1.82, 2.24) is 9.88 Å². The average Bonchev–Trinajstić information content (AvgIpc) is 2.62. The maximum absolute atomic E-state index is 3.68. The average molecular weight is 206 g/mol. The van der Waals surface area contributed by atoms with E-state index in [-0.39, 0.29) is 0 Å². The van der Waals surface area contributed by atoms with Gasteiger partial charge < -0.3 is 9.88 Å². The molecule has 1 saturated carbocycles. The molecular weight excluding hydrogens is 184 g/mol. The van der Waals surface area contributed by atoms with Crippen LogP contribution in [-0.2, 0) is 6.54 Å². The van der Waals surface area contributed by atoms with Gasteiger partial charge in [0.15, 0.2) is 0 Å². The van der Waals surface area contributed by atoms with Crippen LogP contribution in [-0.4, -0.2) is 17.2 Å². The van der Waals surface area contributed by atoms with Crippen molar-refractivity contribution in [1.29, 1.82) is 0 Å². The topological polar surface area (TPSA) is 17.0 Å². The summed E-state index contributed by atoms with van der Waals surface area (Å²) in [4.78, 5) is 0. The second kappa shape index (κ2) is 5.96. The van der Waals surface area contributed by atoms with Gasteiger partial charge in [-0.3, -0.25) is 0 Å². The highest BCUT2D eigenvalue weighted by Gasteiger charge is 2.10. The van der Waals surface area contributed by atoms with Gasteiger partial charge in [0.05, 0.1) is 0 Å². The van der Waals surface area contributed by atoms with Crippen molar-refractivity contribution in [2.75, 3.05) is 6.54 Å². The quantitative estimate of drug-likeness (QED) is 0.750. The van der Waals surface area contributed by atoms with Gasteiger partial charge in [0.1, 0.15) is 0 Å². The monoisotopic (exact) mass is 206 g/mol. The fourth-order valence-electron chi connectivity index (χ4n) is 2.40. The van der Waals surface area contributed by atoms with Crippen LogP contribution in [0.15, 0.2) is 24.5 Å². The molecule has 0 radical (unpaired) electrons. The maximum Gasteiger partial charge on any atom is 0.0344 e. The number of hydrogen-bond donors (Lipinski definition) is 1. The summed E-state index contributed by atoms with van der Waals surface area (Å²) in [7, 11) is 0. The molecule has 1 aromatic rings. The third-order valence-corrected chi connectivity index (χ3v) is 3.32. The Morgan fingerprint density at radius 3 is 2.33 bits per heavy atom. The predicted molar refractivity (Wildman–Crippen MR) is 63.9 cm³/mol. The normalized spacial score (nSPS) is 18.9. The summed E-state index contributed by atoms with van der Waals surface area (Å²) >= 11 is 0. The number of rotatable bonds is 4. The van der Waals surface area contributed by atoms with E-state index in [1.54, 1.807) is 0 Å². The lowest BCUT2D eigenvalue weighted by atomic mass is 10.1. The largest absolute Gasteiger partial charge is 0.353 e. The smallest absolute Gasteiger partial charge is 0.0344 e. The Hall–Kier alpha value is -0.760. The zero-order valence-corrected chi connectivity index (χ0v) is 9.49. The molecule has 0 aliphatic heterocycles. The molecule has 15 heavy (non-hydrogen) atoms. The fourth-order valence-corrected chi connectivity index (χ4v) is 2.40. The molecule has 0 amide bonds. The van der Waals surface area contributed by atoms with Gasteiger partial charge in [-0.2, -0.15) is 0 Å². The SMILES string of the molecule is c1ccn(CCNC2CCCCCC2)c1. The maximum atomic E-state index is 3.68. The molecule has 0 atom stereocenters. The van der Waals surface area contributed by atoms with Gasteiger partial charge in [-0.15, -0.1) is 0 Å². The second-order valence-corrected chi connectivity index (χ2v) is 4.56. The van der Waals surface area contributed by atoms with Crippen LogP contribution in [0.25, 0.3) is 0 Å². The van der Waals surface area contributed by atoms with E-state index in [1.165, 1.54) is 38.5 Å². The van der Waals surface area contributed by atoms with Gasteiger partial charge in [-0.1, -0.05) is 25.7 Å². The van der Waals surface area contributed by atoms with Crippen LogP contribution in [0.3, 0.4) is 0 Å². The van der Waals surface area contributed by atoms with Crippen LogP contribution in [0.2, 0.25) is 0 Å². The predicted octanol–water partition coefficient (Wildman–Crippen LogP) is 2.80. The Morgan fingerprint density at radius 2 is 1.67 bits per heavy atom. The summed E-state index contributed by atoms with van der Waals surface area (Å²) in [5.74, 6) is 0. The molecule has 1 aliphatic carbocycles. The van der Waals surface area contributed by atoms with Crippen LogP contribution < -0.4 is 5.32 Å². The van der Waals surface area contributed by atoms with E-state index in [0.29, 0.717) is 0 Å². The molecule has 0 unspecified atom stereocenters. The van der Waals surface area contributed by atoms with Crippen molar-refractivity contribution >= 4 is 0 Å². The van der Waals surface area contributed by atoms with E-state index in [1.807, 2.05) is 0 Å². The minimum absolute atomic E-state index is 0.781. The summed E-state index contributed by atoms with van der Waals surface area (Å²) < 4.78 is 2.24. The van der Waals surface area contributed by atoms with Crippen LogP contribution in [0.5, 0.6) is 0 Å². The van der Waals surface area contributed by atoms with E-state index in [4.69, 9.17) is 0 Å². The second-order valence-electron chi connectivity index (χ2n) is 4.56. The molecule has 0 aromatic carbocycles. The number of hydrogen-bond acceptors (Lipinski definition) is 1. The van der Waals surface area contributed by atoms with E-state index >= 15 is 0 Å². The molecule has 2 nitrogen and oxygen atoms in total. The molecule has 1 aliphatic rings. The standard InChI is InChI=1S/C13H22N2/c1-2-4-8-13(7-3-1)14-9-12-15-10-5-6-11-15/h5-6,10-11,13-14H,1-4,7-9,12H2. The van der Waals surface area contributed by atoms with Crippen LogP contribution in [0, 0.1) is 0 Å². The molecule has 1 aromatic heterocycles. The van der Waals surface area contributed by atoms with Gasteiger partial charge in [0, 0.05) is 31.5 Å². The van der Waals surface area contributed by atoms with Crippen LogP contribution >= 0.6 is 0 Å². The summed E-state index contributed by atoms with van der Waals surface area (Å²) in [6, 6.07) is 4.96. The van der Waals surface area contributed by atoms with Crippen molar-refractivity contribution in [3.8, 4) is 0 Å². The van der Waals surface area contributed by atoms with Crippen molar-refractivity contribution in [2.45, 2.75) is 51.1 Å². The van der Waals surface area contributed by atoms with E-state index in [9.17, 15) is 0 Å². The highest BCUT2D eigenvalue weighted by Crippen LogP contribution is 2.16. The Bertz CT molecular complexity index is 246. The first-order valence-electron chi connectivity index (χ1n) is 6.29.